The lowest BCUT2D eigenvalue weighted by Crippen LogP contribution is -2.64. The second-order valence-corrected chi connectivity index (χ2v) is 16.6. The van der Waals surface area contributed by atoms with Crippen molar-refractivity contribution in [1.29, 1.82) is 0 Å². The summed E-state index contributed by atoms with van der Waals surface area (Å²) in [6, 6.07) is 0. The van der Waals surface area contributed by atoms with Crippen molar-refractivity contribution in [2.75, 3.05) is 19.8 Å². The fraction of sp³-hybridized carbons (Fsp3) is 0.927. The van der Waals surface area contributed by atoms with Gasteiger partial charge in [-0.25, -0.2) is 4.57 Å². The smallest absolute Gasteiger partial charge is 0.457 e. The van der Waals surface area contributed by atoms with Gasteiger partial charge in [-0.15, -0.1) is 0 Å². The Labute approximate surface area is 327 Å². The van der Waals surface area contributed by atoms with E-state index < -0.39 is 63.1 Å². The van der Waals surface area contributed by atoms with Crippen LogP contribution in [-0.2, 0) is 27.9 Å². The molecule has 1 aliphatic rings. The highest BCUT2D eigenvalue weighted by atomic mass is 31.2. The number of phosphoric acid groups is 1. The number of ether oxygens (including phenoxy) is 2. The highest BCUT2D eigenvalue weighted by Crippen LogP contribution is 2.47. The van der Waals surface area contributed by atoms with Crippen LogP contribution in [0, 0.1) is 0 Å². The van der Waals surface area contributed by atoms with E-state index in [9.17, 15) is 39.8 Å². The Bertz CT molecular complexity index is 952. The van der Waals surface area contributed by atoms with Crippen LogP contribution in [0.4, 0.5) is 0 Å². The molecule has 0 radical (unpaired) electrons. The van der Waals surface area contributed by atoms with E-state index in [1.807, 2.05) is 0 Å². The highest BCUT2D eigenvalue weighted by Gasteiger charge is 2.51. The molecule has 0 aromatic carbocycles. The van der Waals surface area contributed by atoms with Crippen LogP contribution in [0.1, 0.15) is 181 Å². The second-order valence-electron chi connectivity index (χ2n) is 15.2. The minimum absolute atomic E-state index is 0.0750. The number of phosphoric ester groups is 1. The molecule has 6 unspecified atom stereocenters. The first kappa shape index (κ1) is 51.1. The Balaban J connectivity index is 2.39. The fourth-order valence-electron chi connectivity index (χ4n) is 6.65. The number of carbonyl (C=O) groups is 1. The number of aliphatic hydroxyl groups is 5. The lowest BCUT2D eigenvalue weighted by atomic mass is 9.85. The average Bonchev–Trinajstić information content (AvgIpc) is 3.15. The van der Waals surface area contributed by atoms with Crippen LogP contribution in [0.5, 0.6) is 0 Å². The van der Waals surface area contributed by atoms with Crippen LogP contribution in [0.3, 0.4) is 0 Å². The largest absolute Gasteiger partial charge is 0.472 e. The number of hydrogen-bond donors (Lipinski definition) is 6. The second kappa shape index (κ2) is 33.1. The van der Waals surface area contributed by atoms with Crippen LogP contribution in [0.15, 0.2) is 12.2 Å². The third kappa shape index (κ3) is 25.4. The van der Waals surface area contributed by atoms with Gasteiger partial charge in [-0.2, -0.15) is 0 Å². The van der Waals surface area contributed by atoms with Crippen molar-refractivity contribution in [2.24, 2.45) is 0 Å². The molecule has 0 heterocycles. The van der Waals surface area contributed by atoms with Gasteiger partial charge >= 0.3 is 13.8 Å². The number of carbonyl (C=O) groups excluding carboxylic acids is 1. The summed E-state index contributed by atoms with van der Waals surface area (Å²) in [7, 11) is -5.01. The van der Waals surface area contributed by atoms with Crippen LogP contribution in [0.25, 0.3) is 0 Å². The van der Waals surface area contributed by atoms with E-state index in [-0.39, 0.29) is 13.0 Å². The van der Waals surface area contributed by atoms with Crippen LogP contribution >= 0.6 is 7.82 Å². The minimum atomic E-state index is -5.01. The van der Waals surface area contributed by atoms with E-state index in [1.165, 1.54) is 89.9 Å². The van der Waals surface area contributed by atoms with E-state index in [0.717, 1.165) is 64.2 Å². The summed E-state index contributed by atoms with van der Waals surface area (Å²) >= 11 is 0. The normalized spacial score (nSPS) is 23.5. The monoisotopic (exact) mass is 795 g/mol. The number of esters is 1. The molecular weight excluding hydrogens is 715 g/mol. The first-order chi connectivity index (χ1) is 26.0. The molecule has 0 bridgehead atoms. The molecule has 0 saturated heterocycles. The SMILES string of the molecule is CCC/C=C\CCCCCCCC(=O)OC(COCCCCCCCCCCCCCCCCCCC)COP(=O)(O)OC1C(O)C(O)C(O)C(O)C1O. The van der Waals surface area contributed by atoms with Gasteiger partial charge in [0.05, 0.1) is 13.2 Å². The van der Waals surface area contributed by atoms with Gasteiger partial charge in [-0.1, -0.05) is 154 Å². The minimum Gasteiger partial charge on any atom is -0.457 e. The zero-order valence-corrected chi connectivity index (χ0v) is 34.7. The van der Waals surface area contributed by atoms with Crippen molar-refractivity contribution >= 4 is 13.8 Å². The predicted molar refractivity (Wildman–Crippen MR) is 212 cm³/mol. The molecule has 0 aliphatic heterocycles. The number of aliphatic hydroxyl groups excluding tert-OH is 5. The Hall–Kier alpha value is -0.920. The standard InChI is InChI=1S/C41H79O12P/c1-3-5-7-9-11-13-15-16-17-18-19-20-21-23-25-27-29-31-50-32-34(52-35(42)30-28-26-24-22-14-12-10-8-6-4-2)33-51-54(48,49)53-41-39(46)37(44)36(43)38(45)40(41)47/h8,10,34,36-41,43-47H,3-7,9,11-33H2,1-2H3,(H,48,49)/b10-8-. The Kier molecular flexibility index (Phi) is 31.3. The molecule has 0 aromatic rings. The van der Waals surface area contributed by atoms with Crippen LogP contribution in [0.2, 0.25) is 0 Å². The van der Waals surface area contributed by atoms with Crippen molar-refractivity contribution < 1.29 is 58.3 Å². The van der Waals surface area contributed by atoms with E-state index >= 15 is 0 Å². The Morgan fingerprint density at radius 3 is 1.54 bits per heavy atom. The quantitative estimate of drug-likeness (QED) is 0.0155. The summed E-state index contributed by atoms with van der Waals surface area (Å²) in [4.78, 5) is 23.0. The molecule has 320 valence electrons. The van der Waals surface area contributed by atoms with E-state index in [2.05, 4.69) is 26.0 Å². The third-order valence-corrected chi connectivity index (χ3v) is 11.1. The molecule has 0 aromatic heterocycles. The zero-order valence-electron chi connectivity index (χ0n) is 33.8. The molecule has 12 nitrogen and oxygen atoms in total. The molecule has 1 fully saturated rings. The summed E-state index contributed by atoms with van der Waals surface area (Å²) < 4.78 is 34.0. The van der Waals surface area contributed by atoms with E-state index in [4.69, 9.17) is 18.5 Å². The molecule has 6 atom stereocenters. The van der Waals surface area contributed by atoms with Gasteiger partial charge in [-0.3, -0.25) is 13.8 Å². The summed E-state index contributed by atoms with van der Waals surface area (Å²) in [5.41, 5.74) is 0. The molecule has 1 aliphatic carbocycles. The number of allylic oxidation sites excluding steroid dienone is 2. The lowest BCUT2D eigenvalue weighted by Gasteiger charge is -2.41. The molecule has 54 heavy (non-hydrogen) atoms. The van der Waals surface area contributed by atoms with Gasteiger partial charge in [0.2, 0.25) is 0 Å². The van der Waals surface area contributed by atoms with Gasteiger partial charge in [0.15, 0.2) is 0 Å². The fourth-order valence-corrected chi connectivity index (χ4v) is 7.62. The van der Waals surface area contributed by atoms with Crippen molar-refractivity contribution in [3.8, 4) is 0 Å². The molecule has 0 spiro atoms. The molecule has 1 saturated carbocycles. The van der Waals surface area contributed by atoms with Gasteiger partial charge < -0.3 is 39.9 Å². The molecule has 0 amide bonds. The Morgan fingerprint density at radius 2 is 1.02 bits per heavy atom. The maximum absolute atomic E-state index is 12.8. The summed E-state index contributed by atoms with van der Waals surface area (Å²) in [5.74, 6) is -0.487. The van der Waals surface area contributed by atoms with Gasteiger partial charge in [-0.05, 0) is 32.1 Å². The van der Waals surface area contributed by atoms with Crippen molar-refractivity contribution in [1.82, 2.24) is 0 Å². The average molecular weight is 795 g/mol. The number of rotatable bonds is 36. The third-order valence-electron chi connectivity index (χ3n) is 10.1. The maximum atomic E-state index is 12.8. The molecule has 1 rings (SSSR count). The van der Waals surface area contributed by atoms with Crippen molar-refractivity contribution in [3.05, 3.63) is 12.2 Å². The molecule has 6 N–H and O–H groups in total. The number of unbranched alkanes of at least 4 members (excludes halogenated alkanes) is 22. The molecular formula is C41H79O12P. The topological polar surface area (TPSA) is 192 Å². The van der Waals surface area contributed by atoms with E-state index in [1.54, 1.807) is 0 Å². The van der Waals surface area contributed by atoms with Gasteiger partial charge in [0.25, 0.3) is 0 Å². The molecule has 13 heteroatoms. The lowest BCUT2D eigenvalue weighted by molar-refractivity contribution is -0.220. The van der Waals surface area contributed by atoms with Crippen molar-refractivity contribution in [3.63, 3.8) is 0 Å². The van der Waals surface area contributed by atoms with Gasteiger partial charge in [0.1, 0.15) is 42.7 Å². The van der Waals surface area contributed by atoms with Gasteiger partial charge in [0, 0.05) is 13.0 Å². The summed E-state index contributed by atoms with van der Waals surface area (Å²) in [6.07, 6.45) is 21.5. The van der Waals surface area contributed by atoms with Crippen molar-refractivity contribution in [2.45, 2.75) is 224 Å². The Morgan fingerprint density at radius 1 is 0.574 bits per heavy atom. The zero-order chi connectivity index (χ0) is 39.9. The summed E-state index contributed by atoms with van der Waals surface area (Å²) in [5, 5.41) is 50.0. The maximum Gasteiger partial charge on any atom is 0.472 e. The summed E-state index contributed by atoms with van der Waals surface area (Å²) in [6.45, 7) is 4.19. The number of hydrogen-bond acceptors (Lipinski definition) is 11. The predicted octanol–water partition coefficient (Wildman–Crippen LogP) is 7.97. The highest BCUT2D eigenvalue weighted by molar-refractivity contribution is 7.47. The first-order valence-corrected chi connectivity index (χ1v) is 23.0. The first-order valence-electron chi connectivity index (χ1n) is 21.5. The van der Waals surface area contributed by atoms with E-state index in [0.29, 0.717) is 13.0 Å². The van der Waals surface area contributed by atoms with Crippen LogP contribution in [-0.4, -0.2) is 98.9 Å². The van der Waals surface area contributed by atoms with Crippen LogP contribution < -0.4 is 0 Å².